The van der Waals surface area contributed by atoms with Crippen molar-refractivity contribution in [1.29, 1.82) is 0 Å². The van der Waals surface area contributed by atoms with Crippen molar-refractivity contribution in [3.63, 3.8) is 0 Å². The number of hydrogen-bond acceptors (Lipinski definition) is 8. The van der Waals surface area contributed by atoms with Gasteiger partial charge in [0.05, 0.1) is 17.3 Å². The smallest absolute Gasteiger partial charge is 0.359 e. The van der Waals surface area contributed by atoms with Crippen LogP contribution in [0.1, 0.15) is 59.1 Å². The van der Waals surface area contributed by atoms with Crippen molar-refractivity contribution in [1.82, 2.24) is 9.97 Å². The van der Waals surface area contributed by atoms with Gasteiger partial charge in [0, 0.05) is 12.1 Å². The fourth-order valence-corrected chi connectivity index (χ4v) is 4.86. The van der Waals surface area contributed by atoms with Gasteiger partial charge in [0.15, 0.2) is 5.34 Å². The van der Waals surface area contributed by atoms with E-state index in [9.17, 15) is 34.4 Å². The molecule has 6 N–H and O–H groups in total. The van der Waals surface area contributed by atoms with E-state index < -0.39 is 60.1 Å². The van der Waals surface area contributed by atoms with E-state index in [2.05, 4.69) is 4.98 Å². The van der Waals surface area contributed by atoms with E-state index in [-0.39, 0.29) is 18.4 Å². The summed E-state index contributed by atoms with van der Waals surface area (Å²) in [7, 11) is -4.49. The van der Waals surface area contributed by atoms with Crippen LogP contribution in [0.25, 0.3) is 0 Å². The molecule has 2 rings (SSSR count). The van der Waals surface area contributed by atoms with Crippen molar-refractivity contribution in [2.24, 2.45) is 5.92 Å². The van der Waals surface area contributed by atoms with Crippen LogP contribution in [0.15, 0.2) is 15.8 Å². The van der Waals surface area contributed by atoms with Crippen molar-refractivity contribution in [2.45, 2.75) is 82.8 Å². The SMILES string of the molecule is CCC(C)(OP(=O)(O)C(C)(O)CC)C(C)C1OC(c2c[nH]c(=O)[nH]c2=O)C(O)C1O. The molecule has 1 fully saturated rings. The Balaban J connectivity index is 2.33. The second-order valence-corrected chi connectivity index (χ2v) is 10.4. The van der Waals surface area contributed by atoms with Crippen LogP contribution in [0.2, 0.25) is 0 Å². The van der Waals surface area contributed by atoms with Gasteiger partial charge < -0.3 is 29.9 Å². The van der Waals surface area contributed by atoms with Gasteiger partial charge in [0.1, 0.15) is 18.3 Å². The molecule has 0 bridgehead atoms. The summed E-state index contributed by atoms with van der Waals surface area (Å²) in [5.41, 5.74) is -2.88. The lowest BCUT2D eigenvalue weighted by atomic mass is 9.82. The van der Waals surface area contributed by atoms with Gasteiger partial charge in [-0.05, 0) is 26.7 Å². The van der Waals surface area contributed by atoms with E-state index in [1.54, 1.807) is 27.7 Å². The van der Waals surface area contributed by atoms with Gasteiger partial charge in [-0.15, -0.1) is 0 Å². The highest BCUT2D eigenvalue weighted by Crippen LogP contribution is 2.59. The molecule has 0 amide bonds. The fourth-order valence-electron chi connectivity index (χ4n) is 3.40. The predicted octanol–water partition coefficient (Wildman–Crippen LogP) is 0.350. The summed E-state index contributed by atoms with van der Waals surface area (Å²) in [6.07, 6.45) is -3.90. The molecule has 8 atom stereocenters. The average molecular weight is 450 g/mol. The average Bonchev–Trinajstić information content (AvgIpc) is 2.95. The highest BCUT2D eigenvalue weighted by Gasteiger charge is 2.54. The lowest BCUT2D eigenvalue weighted by Gasteiger charge is -2.42. The van der Waals surface area contributed by atoms with Crippen LogP contribution in [0.3, 0.4) is 0 Å². The maximum absolute atomic E-state index is 12.7. The number of aliphatic hydroxyl groups is 3. The Kier molecular flexibility index (Phi) is 7.20. The first-order chi connectivity index (χ1) is 13.7. The van der Waals surface area contributed by atoms with E-state index in [0.717, 1.165) is 6.20 Å². The first kappa shape index (κ1) is 24.9. The highest BCUT2D eigenvalue weighted by atomic mass is 31.2. The summed E-state index contributed by atoms with van der Waals surface area (Å²) in [4.78, 5) is 38.0. The molecule has 172 valence electrons. The molecule has 0 aliphatic carbocycles. The number of aromatic amines is 2. The van der Waals surface area contributed by atoms with Gasteiger partial charge in [-0.1, -0.05) is 20.8 Å². The number of hydrogen-bond donors (Lipinski definition) is 6. The molecule has 11 nitrogen and oxygen atoms in total. The molecule has 0 saturated carbocycles. The number of ether oxygens (including phenoxy) is 1. The Morgan fingerprint density at radius 3 is 2.33 bits per heavy atom. The van der Waals surface area contributed by atoms with Gasteiger partial charge in [-0.25, -0.2) is 4.79 Å². The number of nitrogens with one attached hydrogen (secondary N) is 2. The molecule has 1 aliphatic rings. The predicted molar refractivity (Wildman–Crippen MR) is 107 cm³/mol. The third-order valence-corrected chi connectivity index (χ3v) is 8.42. The molecule has 2 heterocycles. The van der Waals surface area contributed by atoms with Crippen molar-refractivity contribution >= 4 is 7.60 Å². The van der Waals surface area contributed by atoms with Crippen LogP contribution in [-0.2, 0) is 13.8 Å². The zero-order valence-corrected chi connectivity index (χ0v) is 18.6. The van der Waals surface area contributed by atoms with Crippen LogP contribution in [0.4, 0.5) is 0 Å². The topological polar surface area (TPSA) is 182 Å². The van der Waals surface area contributed by atoms with E-state index in [4.69, 9.17) is 9.26 Å². The second-order valence-electron chi connectivity index (χ2n) is 8.17. The Labute approximate surface area is 173 Å². The summed E-state index contributed by atoms with van der Waals surface area (Å²) >= 11 is 0. The quantitative estimate of drug-likeness (QED) is 0.304. The van der Waals surface area contributed by atoms with E-state index in [1.165, 1.54) is 6.92 Å². The summed E-state index contributed by atoms with van der Waals surface area (Å²) in [5.74, 6) is -0.730. The summed E-state index contributed by atoms with van der Waals surface area (Å²) < 4.78 is 24.0. The normalized spacial score (nSPS) is 31.5. The molecule has 12 heteroatoms. The van der Waals surface area contributed by atoms with Crippen molar-refractivity contribution in [2.75, 3.05) is 0 Å². The summed E-state index contributed by atoms with van der Waals surface area (Å²) in [5, 5.41) is 29.3. The fraction of sp³-hybridized carbons (Fsp3) is 0.778. The number of rotatable bonds is 8. The molecule has 1 aromatic rings. The van der Waals surface area contributed by atoms with Crippen molar-refractivity contribution in [3.8, 4) is 0 Å². The highest BCUT2D eigenvalue weighted by molar-refractivity contribution is 7.54. The van der Waals surface area contributed by atoms with Gasteiger partial charge in [-0.2, -0.15) is 0 Å². The minimum atomic E-state index is -4.49. The number of H-pyrrole nitrogens is 2. The standard InChI is InChI=1S/C18H31N2O9P/c1-6-17(4,29-30(26,27)18(5,25)7-2)9(3)13-11(21)12(22)14(28-13)10-8-19-16(24)20-15(10)23/h8-9,11-14,21-22,25H,6-7H2,1-5H3,(H,26,27)(H2,19,20,23,24). The van der Waals surface area contributed by atoms with Crippen LogP contribution >= 0.6 is 7.60 Å². The molecule has 0 spiro atoms. The van der Waals surface area contributed by atoms with Crippen LogP contribution < -0.4 is 11.2 Å². The van der Waals surface area contributed by atoms with E-state index in [0.29, 0.717) is 0 Å². The molecule has 1 aliphatic heterocycles. The van der Waals surface area contributed by atoms with Gasteiger partial charge in [0.25, 0.3) is 5.56 Å². The van der Waals surface area contributed by atoms with E-state index in [1.807, 2.05) is 4.98 Å². The minimum absolute atomic E-state index is 0.0206. The Bertz CT molecular complexity index is 913. The minimum Gasteiger partial charge on any atom is -0.388 e. The maximum Gasteiger partial charge on any atom is 0.359 e. The van der Waals surface area contributed by atoms with Crippen LogP contribution in [0.5, 0.6) is 0 Å². The first-order valence-corrected chi connectivity index (χ1v) is 11.4. The Morgan fingerprint density at radius 2 is 1.83 bits per heavy atom. The second kappa shape index (κ2) is 8.66. The molecule has 8 unspecified atom stereocenters. The third-order valence-electron chi connectivity index (χ3n) is 6.22. The number of aromatic nitrogens is 2. The summed E-state index contributed by atoms with van der Waals surface area (Å²) in [6.45, 7) is 7.63. The zero-order valence-electron chi connectivity index (χ0n) is 17.7. The van der Waals surface area contributed by atoms with Gasteiger partial charge in [0.2, 0.25) is 0 Å². The Hall–Kier alpha value is -1.33. The molecule has 30 heavy (non-hydrogen) atoms. The molecular weight excluding hydrogens is 419 g/mol. The molecule has 0 radical (unpaired) electrons. The third kappa shape index (κ3) is 4.47. The van der Waals surface area contributed by atoms with E-state index >= 15 is 0 Å². The molecule has 1 saturated heterocycles. The van der Waals surface area contributed by atoms with Gasteiger partial charge in [-0.3, -0.25) is 18.9 Å². The molecule has 1 aromatic heterocycles. The van der Waals surface area contributed by atoms with Crippen LogP contribution in [-0.4, -0.2) is 59.4 Å². The molecular formula is C18H31N2O9P. The number of aliphatic hydroxyl groups excluding tert-OH is 2. The zero-order chi connectivity index (χ0) is 23.1. The molecule has 0 aromatic carbocycles. The van der Waals surface area contributed by atoms with Crippen molar-refractivity contribution < 1.29 is 34.0 Å². The monoisotopic (exact) mass is 450 g/mol. The van der Waals surface area contributed by atoms with Gasteiger partial charge >= 0.3 is 13.3 Å². The van der Waals surface area contributed by atoms with Crippen molar-refractivity contribution in [3.05, 3.63) is 32.6 Å². The maximum atomic E-state index is 12.7. The van der Waals surface area contributed by atoms with Crippen LogP contribution in [0, 0.1) is 5.92 Å². The summed E-state index contributed by atoms with van der Waals surface area (Å²) in [6, 6.07) is 0. The lowest BCUT2D eigenvalue weighted by Crippen LogP contribution is -2.47. The first-order valence-electron chi connectivity index (χ1n) is 9.80. The largest absolute Gasteiger partial charge is 0.388 e. The lowest BCUT2D eigenvalue weighted by molar-refractivity contribution is -0.0955. The Morgan fingerprint density at radius 1 is 1.23 bits per heavy atom.